The Bertz CT molecular complexity index is 498. The Hall–Kier alpha value is -1.62. The largest absolute Gasteiger partial charge is 0.454 e. The smallest absolute Gasteiger partial charge is 0.231 e. The molecule has 1 aromatic rings. The summed E-state index contributed by atoms with van der Waals surface area (Å²) in [5, 5.41) is 2.81. The fraction of sp³-hybridized carbons (Fsp3) is 0.500. The molecule has 0 fully saturated rings. The van der Waals surface area contributed by atoms with E-state index in [1.165, 1.54) is 0 Å². The molecule has 0 saturated heterocycles. The molecule has 0 spiro atoms. The molecule has 112 valence electrons. The second-order valence-electron chi connectivity index (χ2n) is 5.90. The molecule has 0 bridgehead atoms. The average molecular weight is 301 g/mol. The Balaban J connectivity index is 0.00000200. The van der Waals surface area contributed by atoms with E-state index in [-0.39, 0.29) is 30.5 Å². The number of anilines is 2. The summed E-state index contributed by atoms with van der Waals surface area (Å²) in [6, 6.07) is 3.37. The molecule has 0 unspecified atom stereocenters. The molecule has 2 rings (SSSR count). The topological polar surface area (TPSA) is 73.6 Å². The number of amides is 1. The number of carbonyl (C=O) groups excluding carboxylic acids is 1. The van der Waals surface area contributed by atoms with E-state index in [0.717, 1.165) is 6.42 Å². The third kappa shape index (κ3) is 4.20. The summed E-state index contributed by atoms with van der Waals surface area (Å²) >= 11 is 0. The maximum Gasteiger partial charge on any atom is 0.231 e. The SMILES string of the molecule is CC(C)(C)CCC(=O)Nc1cc2c(cc1N)OCO2.Cl. The van der Waals surface area contributed by atoms with Crippen LogP contribution in [0.3, 0.4) is 0 Å². The number of hydrogen-bond donors (Lipinski definition) is 2. The zero-order valence-corrected chi connectivity index (χ0v) is 12.8. The summed E-state index contributed by atoms with van der Waals surface area (Å²) in [6.07, 6.45) is 1.29. The van der Waals surface area contributed by atoms with Gasteiger partial charge in [-0.25, -0.2) is 0 Å². The number of fused-ring (bicyclic) bond motifs is 1. The molecule has 20 heavy (non-hydrogen) atoms. The lowest BCUT2D eigenvalue weighted by molar-refractivity contribution is -0.116. The highest BCUT2D eigenvalue weighted by Gasteiger charge is 2.18. The summed E-state index contributed by atoms with van der Waals surface area (Å²) in [5.41, 5.74) is 7.06. The number of benzene rings is 1. The number of nitrogens with one attached hydrogen (secondary N) is 1. The summed E-state index contributed by atoms with van der Waals surface area (Å²) in [6.45, 7) is 6.51. The van der Waals surface area contributed by atoms with Crippen LogP contribution in [0.15, 0.2) is 12.1 Å². The van der Waals surface area contributed by atoms with Gasteiger partial charge in [-0.3, -0.25) is 4.79 Å². The Morgan fingerprint density at radius 1 is 1.30 bits per heavy atom. The lowest BCUT2D eigenvalue weighted by atomic mass is 9.90. The minimum absolute atomic E-state index is 0. The summed E-state index contributed by atoms with van der Waals surface area (Å²) in [4.78, 5) is 11.9. The normalized spacial score (nSPS) is 12.8. The predicted octanol–water partition coefficient (Wildman–Crippen LogP) is 3.18. The van der Waals surface area contributed by atoms with Gasteiger partial charge in [0.1, 0.15) is 0 Å². The van der Waals surface area contributed by atoms with Crippen molar-refractivity contribution in [3.63, 3.8) is 0 Å². The quantitative estimate of drug-likeness (QED) is 0.841. The molecule has 1 aliphatic heterocycles. The van der Waals surface area contributed by atoms with Crippen molar-refractivity contribution in [1.29, 1.82) is 0 Å². The molecule has 0 aliphatic carbocycles. The molecular formula is C14H21ClN2O3. The van der Waals surface area contributed by atoms with Crippen LogP contribution in [0.25, 0.3) is 0 Å². The van der Waals surface area contributed by atoms with Crippen molar-refractivity contribution in [2.75, 3.05) is 17.8 Å². The van der Waals surface area contributed by atoms with Crippen molar-refractivity contribution in [1.82, 2.24) is 0 Å². The number of ether oxygens (including phenoxy) is 2. The minimum atomic E-state index is -0.0412. The Kier molecular flexibility index (Phi) is 5.11. The lowest BCUT2D eigenvalue weighted by Gasteiger charge is -2.17. The Labute approximate surface area is 125 Å². The van der Waals surface area contributed by atoms with E-state index >= 15 is 0 Å². The van der Waals surface area contributed by atoms with E-state index in [2.05, 4.69) is 26.1 Å². The molecule has 1 heterocycles. The van der Waals surface area contributed by atoms with Crippen molar-refractivity contribution < 1.29 is 14.3 Å². The molecule has 1 aliphatic rings. The Morgan fingerprint density at radius 2 is 1.90 bits per heavy atom. The molecular weight excluding hydrogens is 280 g/mol. The summed E-state index contributed by atoms with van der Waals surface area (Å²) in [7, 11) is 0. The average Bonchev–Trinajstić information content (AvgIpc) is 2.73. The van der Waals surface area contributed by atoms with Crippen molar-refractivity contribution in [2.24, 2.45) is 5.41 Å². The van der Waals surface area contributed by atoms with Gasteiger partial charge in [-0.15, -0.1) is 12.4 Å². The van der Waals surface area contributed by atoms with Crippen molar-refractivity contribution in [3.8, 4) is 11.5 Å². The molecule has 1 aromatic carbocycles. The van der Waals surface area contributed by atoms with Gasteiger partial charge < -0.3 is 20.5 Å². The predicted molar refractivity (Wildman–Crippen MR) is 81.5 cm³/mol. The number of nitrogen functional groups attached to an aromatic ring is 1. The van der Waals surface area contributed by atoms with E-state index in [4.69, 9.17) is 15.2 Å². The van der Waals surface area contributed by atoms with Gasteiger partial charge in [-0.05, 0) is 11.8 Å². The van der Waals surface area contributed by atoms with E-state index in [1.54, 1.807) is 12.1 Å². The third-order valence-electron chi connectivity index (χ3n) is 2.92. The van der Waals surface area contributed by atoms with Gasteiger partial charge in [0, 0.05) is 18.6 Å². The van der Waals surface area contributed by atoms with Gasteiger partial charge in [0.05, 0.1) is 11.4 Å². The van der Waals surface area contributed by atoms with Crippen LogP contribution in [0.2, 0.25) is 0 Å². The molecule has 6 heteroatoms. The maximum atomic E-state index is 11.9. The fourth-order valence-corrected chi connectivity index (χ4v) is 1.77. The maximum absolute atomic E-state index is 11.9. The van der Waals surface area contributed by atoms with Crippen molar-refractivity contribution in [2.45, 2.75) is 33.6 Å². The monoisotopic (exact) mass is 300 g/mol. The van der Waals surface area contributed by atoms with Crippen LogP contribution in [-0.2, 0) is 4.79 Å². The standard InChI is InChI=1S/C14H20N2O3.ClH/c1-14(2,3)5-4-13(17)16-10-7-12-11(6-9(10)15)18-8-19-12;/h6-7H,4-5,8,15H2,1-3H3,(H,16,17);1H. The number of rotatable bonds is 3. The number of nitrogens with two attached hydrogens (primary N) is 1. The van der Waals surface area contributed by atoms with Gasteiger partial charge in [0.15, 0.2) is 11.5 Å². The number of carbonyl (C=O) groups is 1. The van der Waals surface area contributed by atoms with Crippen LogP contribution in [0, 0.1) is 5.41 Å². The van der Waals surface area contributed by atoms with Gasteiger partial charge in [-0.1, -0.05) is 20.8 Å². The van der Waals surface area contributed by atoms with Gasteiger partial charge >= 0.3 is 0 Å². The molecule has 0 radical (unpaired) electrons. The van der Waals surface area contributed by atoms with E-state index < -0.39 is 0 Å². The first-order chi connectivity index (χ1) is 8.85. The van der Waals surface area contributed by atoms with Crippen molar-refractivity contribution >= 4 is 29.7 Å². The minimum Gasteiger partial charge on any atom is -0.454 e. The van der Waals surface area contributed by atoms with Gasteiger partial charge in [0.25, 0.3) is 0 Å². The number of halogens is 1. The summed E-state index contributed by atoms with van der Waals surface area (Å²) < 4.78 is 10.5. The molecule has 0 atom stereocenters. The zero-order valence-electron chi connectivity index (χ0n) is 12.0. The first kappa shape index (κ1) is 16.4. The zero-order chi connectivity index (χ0) is 14.0. The molecule has 5 nitrogen and oxygen atoms in total. The fourth-order valence-electron chi connectivity index (χ4n) is 1.77. The van der Waals surface area contributed by atoms with E-state index in [1.807, 2.05) is 0 Å². The molecule has 0 aromatic heterocycles. The number of hydrogen-bond acceptors (Lipinski definition) is 4. The highest BCUT2D eigenvalue weighted by molar-refractivity contribution is 5.94. The molecule has 1 amide bonds. The first-order valence-corrected chi connectivity index (χ1v) is 6.34. The van der Waals surface area contributed by atoms with Crippen LogP contribution < -0.4 is 20.5 Å². The second kappa shape index (κ2) is 6.22. The van der Waals surface area contributed by atoms with E-state index in [9.17, 15) is 4.79 Å². The van der Waals surface area contributed by atoms with Crippen LogP contribution >= 0.6 is 12.4 Å². The van der Waals surface area contributed by atoms with Crippen LogP contribution in [0.5, 0.6) is 11.5 Å². The molecule has 0 saturated carbocycles. The van der Waals surface area contributed by atoms with Crippen LogP contribution in [0.4, 0.5) is 11.4 Å². The van der Waals surface area contributed by atoms with Crippen LogP contribution in [-0.4, -0.2) is 12.7 Å². The molecule has 3 N–H and O–H groups in total. The van der Waals surface area contributed by atoms with Gasteiger partial charge in [-0.2, -0.15) is 0 Å². The second-order valence-corrected chi connectivity index (χ2v) is 5.90. The van der Waals surface area contributed by atoms with Gasteiger partial charge in [0.2, 0.25) is 12.7 Å². The lowest BCUT2D eigenvalue weighted by Crippen LogP contribution is -2.16. The summed E-state index contributed by atoms with van der Waals surface area (Å²) in [5.74, 6) is 1.19. The van der Waals surface area contributed by atoms with Crippen LogP contribution in [0.1, 0.15) is 33.6 Å². The highest BCUT2D eigenvalue weighted by atomic mass is 35.5. The van der Waals surface area contributed by atoms with E-state index in [0.29, 0.717) is 29.3 Å². The third-order valence-corrected chi connectivity index (χ3v) is 2.92. The highest BCUT2D eigenvalue weighted by Crippen LogP contribution is 2.38. The first-order valence-electron chi connectivity index (χ1n) is 6.34. The Morgan fingerprint density at radius 3 is 2.50 bits per heavy atom. The van der Waals surface area contributed by atoms with Crippen molar-refractivity contribution in [3.05, 3.63) is 12.1 Å².